The zero-order valence-electron chi connectivity index (χ0n) is 11.2. The first-order chi connectivity index (χ1) is 9.20. The van der Waals surface area contributed by atoms with Crippen LogP contribution in [0.3, 0.4) is 0 Å². The monoisotopic (exact) mass is 261 g/mol. The molecule has 2 aromatic rings. The Balaban J connectivity index is 1.91. The van der Waals surface area contributed by atoms with Crippen molar-refractivity contribution >= 4 is 0 Å². The molecule has 0 aliphatic heterocycles. The van der Waals surface area contributed by atoms with Crippen molar-refractivity contribution in [3.8, 4) is 5.75 Å². The van der Waals surface area contributed by atoms with Crippen LogP contribution in [0.5, 0.6) is 5.75 Å². The van der Waals surface area contributed by atoms with E-state index in [9.17, 15) is 5.11 Å². The van der Waals surface area contributed by atoms with Crippen LogP contribution in [-0.4, -0.2) is 18.8 Å². The van der Waals surface area contributed by atoms with E-state index >= 15 is 0 Å². The predicted molar refractivity (Wildman–Crippen MR) is 73.1 cm³/mol. The van der Waals surface area contributed by atoms with Crippen molar-refractivity contribution in [1.82, 2.24) is 5.32 Å². The summed E-state index contributed by atoms with van der Waals surface area (Å²) in [7, 11) is 1.65. The number of methoxy groups -OCH3 is 1. The molecule has 0 saturated heterocycles. The van der Waals surface area contributed by atoms with E-state index in [-0.39, 0.29) is 6.04 Å². The number of hydrogen-bond acceptors (Lipinski definition) is 4. The highest BCUT2D eigenvalue weighted by atomic mass is 16.5. The van der Waals surface area contributed by atoms with E-state index in [4.69, 9.17) is 9.15 Å². The van der Waals surface area contributed by atoms with Crippen LogP contribution in [0.15, 0.2) is 47.1 Å². The Morgan fingerprint density at radius 1 is 1.32 bits per heavy atom. The Bertz CT molecular complexity index is 496. The zero-order chi connectivity index (χ0) is 13.7. The predicted octanol–water partition coefficient (Wildman–Crippen LogP) is 2.67. The molecule has 1 heterocycles. The lowest BCUT2D eigenvalue weighted by Gasteiger charge is -2.17. The summed E-state index contributed by atoms with van der Waals surface area (Å²) in [6.07, 6.45) is 0.924. The van der Waals surface area contributed by atoms with Gasteiger partial charge in [0.25, 0.3) is 0 Å². The smallest absolute Gasteiger partial charge is 0.133 e. The molecule has 0 saturated carbocycles. The van der Waals surface area contributed by atoms with Gasteiger partial charge in [-0.15, -0.1) is 0 Å². The van der Waals surface area contributed by atoms with Crippen LogP contribution in [0, 0.1) is 0 Å². The van der Waals surface area contributed by atoms with E-state index in [0.717, 1.165) is 11.3 Å². The standard InChI is InChI=1S/C15H19NO3/c1-11(12-5-3-6-13(9-12)18-2)16-10-14(17)15-7-4-8-19-15/h3-9,11,14,16-17H,10H2,1-2H3. The van der Waals surface area contributed by atoms with Crippen molar-refractivity contribution in [1.29, 1.82) is 0 Å². The molecular weight excluding hydrogens is 242 g/mol. The van der Waals surface area contributed by atoms with Crippen molar-refractivity contribution in [2.45, 2.75) is 19.1 Å². The molecule has 2 atom stereocenters. The van der Waals surface area contributed by atoms with Gasteiger partial charge in [0.05, 0.1) is 13.4 Å². The average Bonchev–Trinajstić information content (AvgIpc) is 2.98. The van der Waals surface area contributed by atoms with E-state index in [2.05, 4.69) is 5.32 Å². The minimum absolute atomic E-state index is 0.125. The molecule has 0 amide bonds. The topological polar surface area (TPSA) is 54.6 Å². The lowest BCUT2D eigenvalue weighted by Crippen LogP contribution is -2.24. The fraction of sp³-hybridized carbons (Fsp3) is 0.333. The van der Waals surface area contributed by atoms with Crippen molar-refractivity contribution in [2.24, 2.45) is 0 Å². The quantitative estimate of drug-likeness (QED) is 0.839. The summed E-state index contributed by atoms with van der Waals surface area (Å²) in [5, 5.41) is 13.2. The van der Waals surface area contributed by atoms with Crippen LogP contribution in [0.4, 0.5) is 0 Å². The highest BCUT2D eigenvalue weighted by Crippen LogP contribution is 2.19. The third-order valence-electron chi connectivity index (χ3n) is 3.08. The van der Waals surface area contributed by atoms with E-state index in [1.54, 1.807) is 25.5 Å². The van der Waals surface area contributed by atoms with E-state index in [0.29, 0.717) is 12.3 Å². The Labute approximate surface area is 113 Å². The molecule has 1 aromatic heterocycles. The molecule has 2 rings (SSSR count). The Hall–Kier alpha value is -1.78. The summed E-state index contributed by atoms with van der Waals surface area (Å²) in [5.74, 6) is 1.41. The first-order valence-electron chi connectivity index (χ1n) is 6.29. The third-order valence-corrected chi connectivity index (χ3v) is 3.08. The SMILES string of the molecule is COc1cccc(C(C)NCC(O)c2ccco2)c1. The Kier molecular flexibility index (Phi) is 4.60. The first kappa shape index (κ1) is 13.6. The number of hydrogen-bond donors (Lipinski definition) is 2. The van der Waals surface area contributed by atoms with Crippen molar-refractivity contribution in [3.63, 3.8) is 0 Å². The molecule has 0 aliphatic rings. The van der Waals surface area contributed by atoms with Crippen LogP contribution in [0.2, 0.25) is 0 Å². The van der Waals surface area contributed by atoms with Gasteiger partial charge in [-0.25, -0.2) is 0 Å². The second kappa shape index (κ2) is 6.41. The van der Waals surface area contributed by atoms with Crippen molar-refractivity contribution in [3.05, 3.63) is 54.0 Å². The maximum Gasteiger partial charge on any atom is 0.133 e. The molecule has 0 spiro atoms. The number of nitrogens with one attached hydrogen (secondary N) is 1. The summed E-state index contributed by atoms with van der Waals surface area (Å²) in [5.41, 5.74) is 1.12. The number of rotatable bonds is 6. The van der Waals surface area contributed by atoms with Gasteiger partial charge in [-0.05, 0) is 36.8 Å². The van der Waals surface area contributed by atoms with E-state index in [1.165, 1.54) is 0 Å². The van der Waals surface area contributed by atoms with Crippen LogP contribution < -0.4 is 10.1 Å². The first-order valence-corrected chi connectivity index (χ1v) is 6.29. The Morgan fingerprint density at radius 3 is 2.84 bits per heavy atom. The number of aliphatic hydroxyl groups is 1. The largest absolute Gasteiger partial charge is 0.497 e. The normalized spacial score (nSPS) is 14.1. The molecule has 4 nitrogen and oxygen atoms in total. The second-order valence-electron chi connectivity index (χ2n) is 4.44. The van der Waals surface area contributed by atoms with Gasteiger partial charge in [-0.2, -0.15) is 0 Å². The fourth-order valence-corrected chi connectivity index (χ4v) is 1.90. The van der Waals surface area contributed by atoms with E-state index in [1.807, 2.05) is 31.2 Å². The van der Waals surface area contributed by atoms with Crippen molar-refractivity contribution in [2.75, 3.05) is 13.7 Å². The lowest BCUT2D eigenvalue weighted by molar-refractivity contribution is 0.144. The molecular formula is C15H19NO3. The molecule has 0 bridgehead atoms. The summed E-state index contributed by atoms with van der Waals surface area (Å²) in [4.78, 5) is 0. The van der Waals surface area contributed by atoms with Crippen LogP contribution >= 0.6 is 0 Å². The number of benzene rings is 1. The van der Waals surface area contributed by atoms with Gasteiger partial charge in [-0.1, -0.05) is 12.1 Å². The summed E-state index contributed by atoms with van der Waals surface area (Å²) < 4.78 is 10.4. The van der Waals surface area contributed by atoms with Crippen LogP contribution in [0.25, 0.3) is 0 Å². The molecule has 0 fully saturated rings. The molecule has 0 radical (unpaired) electrons. The second-order valence-corrected chi connectivity index (χ2v) is 4.44. The molecule has 2 N–H and O–H groups in total. The van der Waals surface area contributed by atoms with Gasteiger partial charge in [0.2, 0.25) is 0 Å². The molecule has 1 aromatic carbocycles. The molecule has 102 valence electrons. The van der Waals surface area contributed by atoms with Gasteiger partial charge < -0.3 is 19.6 Å². The maximum absolute atomic E-state index is 9.93. The maximum atomic E-state index is 9.93. The zero-order valence-corrected chi connectivity index (χ0v) is 11.2. The highest BCUT2D eigenvalue weighted by molar-refractivity contribution is 5.30. The summed E-state index contributed by atoms with van der Waals surface area (Å²) in [6.45, 7) is 2.48. The minimum Gasteiger partial charge on any atom is -0.497 e. The summed E-state index contributed by atoms with van der Waals surface area (Å²) >= 11 is 0. The summed E-state index contributed by atoms with van der Waals surface area (Å²) in [6, 6.07) is 11.5. The molecule has 2 unspecified atom stereocenters. The molecule has 0 aliphatic carbocycles. The minimum atomic E-state index is -0.636. The Morgan fingerprint density at radius 2 is 2.16 bits per heavy atom. The highest BCUT2D eigenvalue weighted by Gasteiger charge is 2.12. The van der Waals surface area contributed by atoms with Gasteiger partial charge in [0.15, 0.2) is 0 Å². The molecule has 4 heteroatoms. The van der Waals surface area contributed by atoms with Crippen molar-refractivity contribution < 1.29 is 14.3 Å². The lowest BCUT2D eigenvalue weighted by atomic mass is 10.1. The number of aliphatic hydroxyl groups excluding tert-OH is 1. The van der Waals surface area contributed by atoms with Gasteiger partial charge >= 0.3 is 0 Å². The number of furan rings is 1. The van der Waals surface area contributed by atoms with Gasteiger partial charge in [0, 0.05) is 12.6 Å². The van der Waals surface area contributed by atoms with Gasteiger partial charge in [0.1, 0.15) is 17.6 Å². The van der Waals surface area contributed by atoms with Crippen LogP contribution in [-0.2, 0) is 0 Å². The number of ether oxygens (including phenoxy) is 1. The third kappa shape index (κ3) is 3.59. The average molecular weight is 261 g/mol. The van der Waals surface area contributed by atoms with E-state index < -0.39 is 6.10 Å². The van der Waals surface area contributed by atoms with Crippen LogP contribution in [0.1, 0.15) is 30.4 Å². The van der Waals surface area contributed by atoms with Gasteiger partial charge in [-0.3, -0.25) is 0 Å². The molecule has 19 heavy (non-hydrogen) atoms. The fourth-order valence-electron chi connectivity index (χ4n) is 1.90.